The van der Waals surface area contributed by atoms with Gasteiger partial charge >= 0.3 is 5.97 Å². The van der Waals surface area contributed by atoms with E-state index in [0.717, 1.165) is 10.6 Å². The molecular formula is C29H23IO3S. The van der Waals surface area contributed by atoms with Gasteiger partial charge in [-0.3, -0.25) is 0 Å². The van der Waals surface area contributed by atoms with Crippen molar-refractivity contribution in [1.29, 1.82) is 0 Å². The van der Waals surface area contributed by atoms with Crippen LogP contribution in [0.15, 0.2) is 114 Å². The number of hydrogen-bond acceptors (Lipinski definition) is 3. The molecule has 5 heteroatoms. The van der Waals surface area contributed by atoms with Crippen LogP contribution in [0, 0.1) is 3.57 Å². The number of rotatable bonds is 9. The van der Waals surface area contributed by atoms with Gasteiger partial charge in [0.15, 0.2) is 6.61 Å². The molecule has 0 amide bonds. The summed E-state index contributed by atoms with van der Waals surface area (Å²) in [5.41, 5.74) is 5.98. The molecule has 0 spiro atoms. The van der Waals surface area contributed by atoms with Gasteiger partial charge in [-0.2, -0.15) is 0 Å². The summed E-state index contributed by atoms with van der Waals surface area (Å²) in [6.45, 7) is -0.336. The topological polar surface area (TPSA) is 46.5 Å². The number of carbonyl (C=O) groups is 1. The standard InChI is InChI=1S/C29H23IO3S/c30-25-8-4-7-24(19-25)28(23-11-9-22(10-12-23)21-5-2-1-3-6-21)17-18-34-27-15-13-26(14-16-27)33-20-29(31)32/h1-17,19H,18,20H2,(H,31,32)/b28-17-. The van der Waals surface area contributed by atoms with E-state index in [1.165, 1.54) is 31.4 Å². The normalized spacial score (nSPS) is 11.3. The number of benzene rings is 4. The Labute approximate surface area is 217 Å². The minimum absolute atomic E-state index is 0.336. The molecular weight excluding hydrogens is 555 g/mol. The summed E-state index contributed by atoms with van der Waals surface area (Å²) >= 11 is 4.08. The number of carboxylic acid groups (broad SMARTS) is 1. The van der Waals surface area contributed by atoms with E-state index >= 15 is 0 Å². The van der Waals surface area contributed by atoms with Crippen LogP contribution in [0.4, 0.5) is 0 Å². The van der Waals surface area contributed by atoms with Crippen LogP contribution < -0.4 is 4.74 Å². The maximum atomic E-state index is 10.7. The lowest BCUT2D eigenvalue weighted by atomic mass is 9.95. The zero-order chi connectivity index (χ0) is 23.8. The number of aliphatic carboxylic acids is 1. The molecule has 34 heavy (non-hydrogen) atoms. The summed E-state index contributed by atoms with van der Waals surface area (Å²) in [4.78, 5) is 11.8. The molecule has 170 valence electrons. The van der Waals surface area contributed by atoms with Crippen molar-refractivity contribution in [1.82, 2.24) is 0 Å². The quantitative estimate of drug-likeness (QED) is 0.164. The number of halogens is 1. The van der Waals surface area contributed by atoms with Crippen LogP contribution in [-0.4, -0.2) is 23.4 Å². The molecule has 4 aromatic carbocycles. The maximum absolute atomic E-state index is 10.7. The lowest BCUT2D eigenvalue weighted by Crippen LogP contribution is -2.09. The zero-order valence-corrected chi connectivity index (χ0v) is 21.3. The van der Waals surface area contributed by atoms with Crippen molar-refractivity contribution >= 4 is 45.9 Å². The van der Waals surface area contributed by atoms with Crippen LogP contribution in [0.5, 0.6) is 5.75 Å². The molecule has 0 fully saturated rings. The Morgan fingerprint density at radius 3 is 2.21 bits per heavy atom. The van der Waals surface area contributed by atoms with Gasteiger partial charge in [0.2, 0.25) is 0 Å². The van der Waals surface area contributed by atoms with Crippen molar-refractivity contribution in [2.24, 2.45) is 0 Å². The largest absolute Gasteiger partial charge is 0.482 e. The zero-order valence-electron chi connectivity index (χ0n) is 18.4. The SMILES string of the molecule is O=C(O)COc1ccc(SC/C=C(/c2ccc(-c3ccccc3)cc2)c2cccc(I)c2)cc1. The summed E-state index contributed by atoms with van der Waals surface area (Å²) in [6, 6.07) is 35.2. The molecule has 0 saturated heterocycles. The second kappa shape index (κ2) is 11.9. The number of thioether (sulfide) groups is 1. The van der Waals surface area contributed by atoms with Gasteiger partial charge in [0.25, 0.3) is 0 Å². The maximum Gasteiger partial charge on any atom is 0.341 e. The van der Waals surface area contributed by atoms with E-state index in [0.29, 0.717) is 5.75 Å². The Morgan fingerprint density at radius 2 is 1.53 bits per heavy atom. The van der Waals surface area contributed by atoms with E-state index in [4.69, 9.17) is 9.84 Å². The van der Waals surface area contributed by atoms with Gasteiger partial charge in [0.05, 0.1) is 0 Å². The third-order valence-corrected chi connectivity index (χ3v) is 6.77. The van der Waals surface area contributed by atoms with E-state index in [1.54, 1.807) is 23.9 Å². The van der Waals surface area contributed by atoms with Crippen molar-refractivity contribution in [2.75, 3.05) is 12.4 Å². The molecule has 0 heterocycles. The average Bonchev–Trinajstić information content (AvgIpc) is 2.87. The predicted molar refractivity (Wildman–Crippen MR) is 148 cm³/mol. The third kappa shape index (κ3) is 6.74. The summed E-state index contributed by atoms with van der Waals surface area (Å²) in [5, 5.41) is 8.74. The van der Waals surface area contributed by atoms with Gasteiger partial charge in [-0.1, -0.05) is 72.8 Å². The Bertz CT molecular complexity index is 1270. The Morgan fingerprint density at radius 1 is 0.824 bits per heavy atom. The third-order valence-electron chi connectivity index (χ3n) is 5.16. The Kier molecular flexibility index (Phi) is 8.44. The van der Waals surface area contributed by atoms with Crippen molar-refractivity contribution in [3.05, 3.63) is 124 Å². The highest BCUT2D eigenvalue weighted by Gasteiger charge is 2.07. The fourth-order valence-corrected chi connectivity index (χ4v) is 4.84. The van der Waals surface area contributed by atoms with Crippen molar-refractivity contribution < 1.29 is 14.6 Å². The van der Waals surface area contributed by atoms with Gasteiger partial charge in [-0.15, -0.1) is 11.8 Å². The van der Waals surface area contributed by atoms with Crippen molar-refractivity contribution in [2.45, 2.75) is 4.90 Å². The number of ether oxygens (including phenoxy) is 1. The summed E-state index contributed by atoms with van der Waals surface area (Å²) in [7, 11) is 0. The smallest absolute Gasteiger partial charge is 0.341 e. The van der Waals surface area contributed by atoms with Crippen LogP contribution in [0.1, 0.15) is 11.1 Å². The van der Waals surface area contributed by atoms with E-state index in [9.17, 15) is 4.79 Å². The van der Waals surface area contributed by atoms with Crippen LogP contribution >= 0.6 is 34.4 Å². The molecule has 0 radical (unpaired) electrons. The molecule has 0 aliphatic carbocycles. The molecule has 0 bridgehead atoms. The first kappa shape index (κ1) is 24.1. The van der Waals surface area contributed by atoms with Crippen LogP contribution in [0.3, 0.4) is 0 Å². The van der Waals surface area contributed by atoms with Crippen LogP contribution in [0.25, 0.3) is 16.7 Å². The fourth-order valence-electron chi connectivity index (χ4n) is 3.53. The highest BCUT2D eigenvalue weighted by molar-refractivity contribution is 14.1. The Balaban J connectivity index is 1.53. The van der Waals surface area contributed by atoms with Crippen LogP contribution in [0.2, 0.25) is 0 Å². The Hall–Kier alpha value is -3.03. The highest BCUT2D eigenvalue weighted by Crippen LogP contribution is 2.29. The molecule has 1 N–H and O–H groups in total. The molecule has 0 aromatic heterocycles. The predicted octanol–water partition coefficient (Wildman–Crippen LogP) is 7.65. The van der Waals surface area contributed by atoms with Gasteiger partial charge in [0.1, 0.15) is 5.75 Å². The molecule has 4 rings (SSSR count). The minimum Gasteiger partial charge on any atom is -0.482 e. The van der Waals surface area contributed by atoms with Gasteiger partial charge in [-0.25, -0.2) is 4.79 Å². The summed E-state index contributed by atoms with van der Waals surface area (Å²) in [5.74, 6) is 0.375. The molecule has 4 aromatic rings. The van der Waals surface area contributed by atoms with Gasteiger partial charge < -0.3 is 9.84 Å². The fraction of sp³-hybridized carbons (Fsp3) is 0.0690. The molecule has 3 nitrogen and oxygen atoms in total. The van der Waals surface area contributed by atoms with Gasteiger partial charge in [0, 0.05) is 14.2 Å². The van der Waals surface area contributed by atoms with E-state index < -0.39 is 5.97 Å². The average molecular weight is 578 g/mol. The van der Waals surface area contributed by atoms with Crippen LogP contribution in [-0.2, 0) is 4.79 Å². The number of carboxylic acids is 1. The van der Waals surface area contributed by atoms with Gasteiger partial charge in [-0.05, 0) is 86.8 Å². The van der Waals surface area contributed by atoms with Crippen molar-refractivity contribution in [3.8, 4) is 16.9 Å². The van der Waals surface area contributed by atoms with E-state index in [1.807, 2.05) is 18.2 Å². The van der Waals surface area contributed by atoms with E-state index in [-0.39, 0.29) is 6.61 Å². The second-order valence-corrected chi connectivity index (χ2v) is 9.88. The monoisotopic (exact) mass is 578 g/mol. The molecule has 0 atom stereocenters. The lowest BCUT2D eigenvalue weighted by molar-refractivity contribution is -0.139. The molecule has 0 aliphatic heterocycles. The molecule has 0 saturated carbocycles. The lowest BCUT2D eigenvalue weighted by Gasteiger charge is -2.11. The second-order valence-electron chi connectivity index (χ2n) is 7.54. The summed E-state index contributed by atoms with van der Waals surface area (Å²) < 4.78 is 6.41. The first-order valence-electron chi connectivity index (χ1n) is 10.8. The van der Waals surface area contributed by atoms with E-state index in [2.05, 4.69) is 101 Å². The highest BCUT2D eigenvalue weighted by atomic mass is 127. The van der Waals surface area contributed by atoms with Crippen molar-refractivity contribution in [3.63, 3.8) is 0 Å². The first-order valence-corrected chi connectivity index (χ1v) is 12.8. The summed E-state index contributed by atoms with van der Waals surface area (Å²) in [6.07, 6.45) is 2.27. The number of hydrogen-bond donors (Lipinski definition) is 1. The minimum atomic E-state index is -0.983. The molecule has 0 aliphatic rings. The first-order chi connectivity index (χ1) is 16.6. The molecule has 0 unspecified atom stereocenters.